The fourth-order valence-corrected chi connectivity index (χ4v) is 6.25. The third-order valence-electron chi connectivity index (χ3n) is 6.93. The van der Waals surface area contributed by atoms with Crippen molar-refractivity contribution in [2.24, 2.45) is 17.8 Å². The number of hydrogen-bond acceptors (Lipinski definition) is 7. The predicted octanol–water partition coefficient (Wildman–Crippen LogP) is 6.99. The number of nitrogens with one attached hydrogen (secondary N) is 1. The van der Waals surface area contributed by atoms with Crippen molar-refractivity contribution >= 4 is 25.4 Å². The van der Waals surface area contributed by atoms with Gasteiger partial charge in [0.15, 0.2) is 0 Å². The third kappa shape index (κ3) is 15.9. The van der Waals surface area contributed by atoms with Crippen LogP contribution in [0.1, 0.15) is 77.3 Å². The average Bonchev–Trinajstić information content (AvgIpc) is 2.99. The molecule has 2 aromatic rings. The molecule has 2 unspecified atom stereocenters. The zero-order valence-electron chi connectivity index (χ0n) is 25.9. The number of rotatable bonds is 21. The van der Waals surface area contributed by atoms with Crippen LogP contribution in [-0.4, -0.2) is 41.8 Å². The summed E-state index contributed by atoms with van der Waals surface area (Å²) in [7, 11) is -3.38. The Kier molecular flexibility index (Phi) is 16.3. The number of amides is 1. The van der Waals surface area contributed by atoms with E-state index in [2.05, 4.69) is 19.2 Å². The van der Waals surface area contributed by atoms with Gasteiger partial charge in [-0.25, -0.2) is 4.79 Å². The maximum Gasteiger partial charge on any atom is 0.331 e. The Balaban J connectivity index is 1.85. The van der Waals surface area contributed by atoms with Gasteiger partial charge < -0.3 is 24.2 Å². The summed E-state index contributed by atoms with van der Waals surface area (Å²) in [6.45, 7) is 8.54. The number of esters is 1. The molecular weight excluding hydrogens is 569 g/mol. The second-order valence-corrected chi connectivity index (χ2v) is 13.9. The maximum absolute atomic E-state index is 13.7. The first kappa shape index (κ1) is 36.2. The van der Waals surface area contributed by atoms with Crippen LogP contribution in [0.5, 0.6) is 0 Å². The zero-order chi connectivity index (χ0) is 31.7. The minimum Gasteiger partial charge on any atom is -0.481 e. The number of aliphatic carboxylic acids is 1. The van der Waals surface area contributed by atoms with Crippen molar-refractivity contribution in [3.05, 3.63) is 71.8 Å². The second kappa shape index (κ2) is 19.3. The van der Waals surface area contributed by atoms with Crippen molar-refractivity contribution in [3.8, 4) is 0 Å². The highest BCUT2D eigenvalue weighted by molar-refractivity contribution is 7.53. The highest BCUT2D eigenvalue weighted by Gasteiger charge is 2.27. The molecule has 10 heteroatoms. The van der Waals surface area contributed by atoms with Gasteiger partial charge in [0, 0.05) is 12.8 Å². The minimum absolute atomic E-state index is 0.0245. The highest BCUT2D eigenvalue weighted by Crippen LogP contribution is 2.51. The Morgan fingerprint density at radius 1 is 0.791 bits per heavy atom. The molecule has 0 saturated carbocycles. The van der Waals surface area contributed by atoms with E-state index in [9.17, 15) is 18.9 Å². The monoisotopic (exact) mass is 617 g/mol. The molecule has 0 bridgehead atoms. The smallest absolute Gasteiger partial charge is 0.331 e. The number of carbonyl (C=O) groups excluding carboxylic acids is 2. The average molecular weight is 618 g/mol. The molecule has 0 spiro atoms. The lowest BCUT2D eigenvalue weighted by molar-refractivity contribution is -0.149. The summed E-state index contributed by atoms with van der Waals surface area (Å²) < 4.78 is 30.8. The Morgan fingerprint density at radius 3 is 1.84 bits per heavy atom. The van der Waals surface area contributed by atoms with E-state index < -0.39 is 25.6 Å². The van der Waals surface area contributed by atoms with Crippen LogP contribution in [0.4, 0.5) is 0 Å². The molecule has 2 N–H and O–H groups in total. The highest BCUT2D eigenvalue weighted by atomic mass is 31.2. The van der Waals surface area contributed by atoms with Gasteiger partial charge in [0.25, 0.3) is 0 Å². The van der Waals surface area contributed by atoms with Gasteiger partial charge in [0.05, 0.1) is 26.0 Å². The summed E-state index contributed by atoms with van der Waals surface area (Å²) in [5, 5.41) is 11.7. The summed E-state index contributed by atoms with van der Waals surface area (Å²) in [6.07, 6.45) is 2.25. The molecule has 2 aromatic carbocycles. The number of benzene rings is 2. The molecule has 0 radical (unpaired) electrons. The van der Waals surface area contributed by atoms with Crippen LogP contribution >= 0.6 is 7.60 Å². The molecule has 238 valence electrons. The van der Waals surface area contributed by atoms with Crippen LogP contribution in [-0.2, 0) is 45.9 Å². The van der Waals surface area contributed by atoms with Gasteiger partial charge in [0.1, 0.15) is 6.04 Å². The van der Waals surface area contributed by atoms with Crippen LogP contribution in [0.2, 0.25) is 0 Å². The molecule has 0 aliphatic rings. The fraction of sp³-hybridized carbons (Fsp3) is 0.545. The van der Waals surface area contributed by atoms with Crippen molar-refractivity contribution in [3.63, 3.8) is 0 Å². The van der Waals surface area contributed by atoms with E-state index in [0.717, 1.165) is 17.5 Å². The minimum atomic E-state index is -3.38. The molecule has 43 heavy (non-hydrogen) atoms. The molecule has 2 rings (SSSR count). The molecule has 0 aromatic heterocycles. The third-order valence-corrected chi connectivity index (χ3v) is 8.78. The fourth-order valence-electron chi connectivity index (χ4n) is 4.47. The van der Waals surface area contributed by atoms with Crippen molar-refractivity contribution in [2.75, 3.05) is 12.8 Å². The van der Waals surface area contributed by atoms with E-state index in [4.69, 9.17) is 18.9 Å². The van der Waals surface area contributed by atoms with Crippen LogP contribution in [0, 0.1) is 17.8 Å². The van der Waals surface area contributed by atoms with Crippen molar-refractivity contribution < 1.29 is 37.8 Å². The molecule has 3 atom stereocenters. The van der Waals surface area contributed by atoms with Crippen LogP contribution in [0.15, 0.2) is 60.7 Å². The van der Waals surface area contributed by atoms with E-state index in [-0.39, 0.29) is 68.9 Å². The van der Waals surface area contributed by atoms with E-state index in [0.29, 0.717) is 12.8 Å². The van der Waals surface area contributed by atoms with Gasteiger partial charge >= 0.3 is 19.5 Å². The first-order valence-corrected chi connectivity index (χ1v) is 16.8. The normalized spacial score (nSPS) is 13.7. The molecular formula is C33H48NO8P. The second-order valence-electron chi connectivity index (χ2n) is 11.7. The molecule has 0 aliphatic carbocycles. The maximum atomic E-state index is 13.7. The lowest BCUT2D eigenvalue weighted by Crippen LogP contribution is -2.42. The molecule has 0 saturated heterocycles. The van der Waals surface area contributed by atoms with E-state index in [1.807, 2.05) is 74.5 Å². The van der Waals surface area contributed by atoms with Crippen LogP contribution in [0.25, 0.3) is 0 Å². The quantitative estimate of drug-likeness (QED) is 0.113. The molecule has 1 amide bonds. The molecule has 9 nitrogen and oxygen atoms in total. The Bertz CT molecular complexity index is 1110. The standard InChI is InChI=1S/C33H48NO8P/c1-25(2)22-40-33(38)30(16-18-32(36)37)34-31(35)17-15-26(3)21-27(4)19-20-43(39,41-23-28-11-7-5-8-12-28)42-24-29-13-9-6-10-14-29/h5-14,25-27,30H,15-24H2,1-4H3,(H,34,35)(H,36,37)/t26?,27?,30-/m0/s1. The van der Waals surface area contributed by atoms with E-state index >= 15 is 0 Å². The van der Waals surface area contributed by atoms with Gasteiger partial charge in [0.2, 0.25) is 5.91 Å². The van der Waals surface area contributed by atoms with Gasteiger partial charge in [-0.2, -0.15) is 0 Å². The number of carboxylic acids is 1. The first-order chi connectivity index (χ1) is 20.5. The lowest BCUT2D eigenvalue weighted by atomic mass is 9.92. The summed E-state index contributed by atoms with van der Waals surface area (Å²) in [6, 6.07) is 18.2. The Labute approximate surface area is 256 Å². The number of hydrogen-bond donors (Lipinski definition) is 2. The predicted molar refractivity (Wildman–Crippen MR) is 166 cm³/mol. The molecule has 0 aliphatic heterocycles. The van der Waals surface area contributed by atoms with Crippen molar-refractivity contribution in [1.82, 2.24) is 5.32 Å². The topological polar surface area (TPSA) is 128 Å². The van der Waals surface area contributed by atoms with Gasteiger partial charge in [-0.15, -0.1) is 0 Å². The van der Waals surface area contributed by atoms with Crippen LogP contribution < -0.4 is 5.32 Å². The van der Waals surface area contributed by atoms with E-state index in [1.165, 1.54) is 0 Å². The Hall–Kier alpha value is -3.00. The Morgan fingerprint density at radius 2 is 1.33 bits per heavy atom. The largest absolute Gasteiger partial charge is 0.481 e. The molecule has 0 heterocycles. The van der Waals surface area contributed by atoms with Crippen LogP contribution in [0.3, 0.4) is 0 Å². The summed E-state index contributed by atoms with van der Waals surface area (Å²) in [5.74, 6) is -1.44. The van der Waals surface area contributed by atoms with Crippen molar-refractivity contribution in [1.29, 1.82) is 0 Å². The summed E-state index contributed by atoms with van der Waals surface area (Å²) in [5.41, 5.74) is 1.84. The lowest BCUT2D eigenvalue weighted by Gasteiger charge is -2.22. The van der Waals surface area contributed by atoms with Crippen molar-refractivity contribution in [2.45, 2.75) is 85.5 Å². The number of ether oxygens (including phenoxy) is 1. The van der Waals surface area contributed by atoms with Gasteiger partial charge in [-0.05, 0) is 54.6 Å². The zero-order valence-corrected chi connectivity index (χ0v) is 26.8. The number of carboxylic acid groups (broad SMARTS) is 1. The summed E-state index contributed by atoms with van der Waals surface area (Å²) >= 11 is 0. The van der Waals surface area contributed by atoms with Gasteiger partial charge in [-0.1, -0.05) is 88.4 Å². The SMILES string of the molecule is CC(C)COC(=O)[C@H](CCC(=O)O)NC(=O)CCC(C)CC(C)CCP(=O)(OCc1ccccc1)OCc1ccccc1. The molecule has 0 fully saturated rings. The van der Waals surface area contributed by atoms with Gasteiger partial charge in [-0.3, -0.25) is 14.2 Å². The number of carbonyl (C=O) groups is 3. The van der Waals surface area contributed by atoms with E-state index in [1.54, 1.807) is 0 Å². The summed E-state index contributed by atoms with van der Waals surface area (Å²) in [4.78, 5) is 36.1. The first-order valence-electron chi connectivity index (χ1n) is 15.1.